The van der Waals surface area contributed by atoms with Gasteiger partial charge in [0, 0.05) is 6.16 Å². The van der Waals surface area contributed by atoms with Gasteiger partial charge in [0.25, 0.3) is 0 Å². The minimum Gasteiger partial charge on any atom is -0.810 e. The molecule has 66 valence electrons. The van der Waals surface area contributed by atoms with Crippen molar-refractivity contribution in [3.05, 3.63) is 35.4 Å². The van der Waals surface area contributed by atoms with Crippen molar-refractivity contribution in [1.29, 1.82) is 0 Å². The minimum atomic E-state index is -4.41. The SMILES string of the molecule is Cc1ccccc1CP(=O)([O-])[O-]. The summed E-state index contributed by atoms with van der Waals surface area (Å²) in [4.78, 5) is 20.9. The fourth-order valence-electron chi connectivity index (χ4n) is 0.996. The monoisotopic (exact) mass is 184 g/mol. The van der Waals surface area contributed by atoms with Crippen LogP contribution in [0.2, 0.25) is 0 Å². The molecular formula is C8H9O3P-2. The second kappa shape index (κ2) is 3.40. The topological polar surface area (TPSA) is 63.2 Å². The van der Waals surface area contributed by atoms with Crippen LogP contribution in [0.1, 0.15) is 11.1 Å². The maximum atomic E-state index is 10.4. The maximum absolute atomic E-state index is 10.4. The normalized spacial score (nSPS) is 11.6. The lowest BCUT2D eigenvalue weighted by atomic mass is 10.1. The van der Waals surface area contributed by atoms with Crippen LogP contribution in [0.5, 0.6) is 0 Å². The lowest BCUT2D eigenvalue weighted by molar-refractivity contribution is -0.314. The standard InChI is InChI=1S/C8H11O3P/c1-7-4-2-3-5-8(7)6-12(9,10)11/h2-5H,6H2,1H3,(H2,9,10,11)/p-2. The first-order chi connectivity index (χ1) is 5.49. The lowest BCUT2D eigenvalue weighted by Crippen LogP contribution is -2.15. The highest BCUT2D eigenvalue weighted by atomic mass is 31.2. The Hall–Kier alpha value is -0.630. The molecule has 3 nitrogen and oxygen atoms in total. The highest BCUT2D eigenvalue weighted by molar-refractivity contribution is 7.47. The third kappa shape index (κ3) is 2.78. The van der Waals surface area contributed by atoms with Crippen LogP contribution < -0.4 is 9.79 Å². The van der Waals surface area contributed by atoms with E-state index in [0.717, 1.165) is 5.56 Å². The van der Waals surface area contributed by atoms with Crippen molar-refractivity contribution in [2.45, 2.75) is 13.1 Å². The van der Waals surface area contributed by atoms with Crippen LogP contribution in [-0.4, -0.2) is 0 Å². The smallest absolute Gasteiger partial charge is 0.000484 e. The summed E-state index contributed by atoms with van der Waals surface area (Å²) < 4.78 is 10.4. The molecule has 4 heteroatoms. The van der Waals surface area contributed by atoms with E-state index in [1.807, 2.05) is 0 Å². The first-order valence-electron chi connectivity index (χ1n) is 3.54. The summed E-state index contributed by atoms with van der Waals surface area (Å²) in [6, 6.07) is 6.96. The average molecular weight is 184 g/mol. The van der Waals surface area contributed by atoms with Gasteiger partial charge in [-0.25, -0.2) is 0 Å². The van der Waals surface area contributed by atoms with Gasteiger partial charge in [0.15, 0.2) is 0 Å². The van der Waals surface area contributed by atoms with E-state index < -0.39 is 7.60 Å². The van der Waals surface area contributed by atoms with Gasteiger partial charge in [0.2, 0.25) is 0 Å². The van der Waals surface area contributed by atoms with Gasteiger partial charge in [-0.15, -0.1) is 0 Å². The molecule has 1 aromatic carbocycles. The van der Waals surface area contributed by atoms with Crippen LogP contribution in [0.15, 0.2) is 24.3 Å². The average Bonchev–Trinajstić information content (AvgIpc) is 1.91. The molecule has 1 rings (SSSR count). The van der Waals surface area contributed by atoms with Crippen molar-refractivity contribution < 1.29 is 14.4 Å². The van der Waals surface area contributed by atoms with Crippen molar-refractivity contribution in [3.8, 4) is 0 Å². The van der Waals surface area contributed by atoms with Gasteiger partial charge in [0.1, 0.15) is 0 Å². The van der Waals surface area contributed by atoms with Crippen LogP contribution in [0.4, 0.5) is 0 Å². The first kappa shape index (κ1) is 9.46. The van der Waals surface area contributed by atoms with Crippen molar-refractivity contribution >= 4 is 7.60 Å². The summed E-state index contributed by atoms with van der Waals surface area (Å²) in [5.74, 6) is 0. The first-order valence-corrected chi connectivity index (χ1v) is 5.27. The lowest BCUT2D eigenvalue weighted by Gasteiger charge is -2.29. The fraction of sp³-hybridized carbons (Fsp3) is 0.250. The summed E-state index contributed by atoms with van der Waals surface area (Å²) in [5.41, 5.74) is 1.43. The molecule has 0 amide bonds. The number of hydrogen-bond acceptors (Lipinski definition) is 3. The molecule has 0 aliphatic carbocycles. The molecule has 0 aliphatic rings. The Morgan fingerprint density at radius 3 is 2.42 bits per heavy atom. The summed E-state index contributed by atoms with van der Waals surface area (Å²) in [6.07, 6.45) is -0.389. The molecular weight excluding hydrogens is 175 g/mol. The van der Waals surface area contributed by atoms with E-state index in [1.54, 1.807) is 31.2 Å². The number of hydrogen-bond donors (Lipinski definition) is 0. The number of rotatable bonds is 2. The maximum Gasteiger partial charge on any atom is 0.000484 e. The minimum absolute atomic E-state index is 0.389. The van der Waals surface area contributed by atoms with Crippen molar-refractivity contribution in [1.82, 2.24) is 0 Å². The molecule has 0 saturated heterocycles. The quantitative estimate of drug-likeness (QED) is 0.625. The summed E-state index contributed by atoms with van der Waals surface area (Å²) in [6.45, 7) is 1.78. The Labute approximate surface area is 71.2 Å². The second-order valence-electron chi connectivity index (χ2n) is 2.70. The Morgan fingerprint density at radius 1 is 1.33 bits per heavy atom. The number of benzene rings is 1. The van der Waals surface area contributed by atoms with Crippen LogP contribution in [0.25, 0.3) is 0 Å². The molecule has 0 heterocycles. The van der Waals surface area contributed by atoms with Gasteiger partial charge >= 0.3 is 0 Å². The predicted octanol–water partition coefficient (Wildman–Crippen LogP) is 0.409. The van der Waals surface area contributed by atoms with E-state index in [0.29, 0.717) is 5.56 Å². The van der Waals surface area contributed by atoms with Crippen LogP contribution in [-0.2, 0) is 10.7 Å². The third-order valence-corrected chi connectivity index (χ3v) is 2.35. The zero-order chi connectivity index (χ0) is 9.19. The van der Waals surface area contributed by atoms with Gasteiger partial charge in [-0.05, 0) is 18.1 Å². The highest BCUT2D eigenvalue weighted by Gasteiger charge is 1.98. The van der Waals surface area contributed by atoms with E-state index in [4.69, 9.17) is 0 Å². The predicted molar refractivity (Wildman–Crippen MR) is 42.5 cm³/mol. The van der Waals surface area contributed by atoms with E-state index in [1.165, 1.54) is 0 Å². The van der Waals surface area contributed by atoms with Crippen molar-refractivity contribution in [2.24, 2.45) is 0 Å². The molecule has 0 spiro atoms. The molecule has 0 bridgehead atoms. The van der Waals surface area contributed by atoms with Crippen LogP contribution >= 0.6 is 7.60 Å². The largest absolute Gasteiger partial charge is 0.810 e. The molecule has 0 aromatic heterocycles. The van der Waals surface area contributed by atoms with E-state index in [-0.39, 0.29) is 6.16 Å². The zero-order valence-corrected chi connectivity index (χ0v) is 7.58. The Bertz CT molecular complexity index is 316. The third-order valence-electron chi connectivity index (χ3n) is 1.63. The second-order valence-corrected chi connectivity index (χ2v) is 4.23. The van der Waals surface area contributed by atoms with Gasteiger partial charge in [0.05, 0.1) is 0 Å². The molecule has 0 atom stereocenters. The summed E-state index contributed by atoms with van der Waals surface area (Å²) in [7, 11) is -4.41. The van der Waals surface area contributed by atoms with Gasteiger partial charge in [-0.3, -0.25) is 0 Å². The van der Waals surface area contributed by atoms with Crippen LogP contribution in [0.3, 0.4) is 0 Å². The van der Waals surface area contributed by atoms with Gasteiger partial charge in [-0.1, -0.05) is 31.9 Å². The Balaban J connectivity index is 2.90. The zero-order valence-electron chi connectivity index (χ0n) is 6.69. The number of aryl methyl sites for hydroxylation is 1. The molecule has 0 saturated carbocycles. The molecule has 0 N–H and O–H groups in total. The summed E-state index contributed by atoms with van der Waals surface area (Å²) in [5, 5.41) is 0. The van der Waals surface area contributed by atoms with Gasteiger partial charge < -0.3 is 14.4 Å². The fourth-order valence-corrected chi connectivity index (χ4v) is 1.77. The van der Waals surface area contributed by atoms with E-state index >= 15 is 0 Å². The van der Waals surface area contributed by atoms with Crippen LogP contribution in [0, 0.1) is 6.92 Å². The molecule has 0 fully saturated rings. The molecule has 0 unspecified atom stereocenters. The molecule has 0 aliphatic heterocycles. The molecule has 1 aromatic rings. The van der Waals surface area contributed by atoms with Crippen molar-refractivity contribution in [3.63, 3.8) is 0 Å². The van der Waals surface area contributed by atoms with E-state index in [2.05, 4.69) is 0 Å². The highest BCUT2D eigenvalue weighted by Crippen LogP contribution is 2.30. The molecule has 12 heavy (non-hydrogen) atoms. The Kier molecular flexibility index (Phi) is 2.68. The van der Waals surface area contributed by atoms with Gasteiger partial charge in [-0.2, -0.15) is 0 Å². The summed E-state index contributed by atoms with van der Waals surface area (Å²) >= 11 is 0. The van der Waals surface area contributed by atoms with Crippen molar-refractivity contribution in [2.75, 3.05) is 0 Å². The Morgan fingerprint density at radius 2 is 1.92 bits per heavy atom. The molecule has 0 radical (unpaired) electrons. The van der Waals surface area contributed by atoms with E-state index in [9.17, 15) is 14.4 Å².